The number of rotatable bonds is 6. The number of nitrogens with one attached hydrogen (secondary N) is 1. The van der Waals surface area contributed by atoms with Gasteiger partial charge in [-0.15, -0.1) is 0 Å². The first-order valence-electron chi connectivity index (χ1n) is 8.30. The number of hydrogen-bond donors (Lipinski definition) is 1. The van der Waals surface area contributed by atoms with E-state index in [2.05, 4.69) is 5.32 Å². The second-order valence-corrected chi connectivity index (χ2v) is 6.51. The minimum atomic E-state index is -4.42. The molecule has 0 aromatic heterocycles. The highest BCUT2D eigenvalue weighted by Gasteiger charge is 2.29. The van der Waals surface area contributed by atoms with Crippen LogP contribution in [0.2, 0.25) is 5.02 Å². The SMILES string of the molecule is COc1cc(C=CC(=O)Nc2ccc(C(F)(F)F)cc2)cc(Cl)c1OC(C)C. The molecule has 0 spiro atoms. The van der Waals surface area contributed by atoms with Crippen molar-refractivity contribution in [3.63, 3.8) is 0 Å². The molecule has 1 N–H and O–H groups in total. The first-order valence-corrected chi connectivity index (χ1v) is 8.68. The number of amides is 1. The Labute approximate surface area is 165 Å². The Balaban J connectivity index is 2.10. The molecule has 0 aliphatic heterocycles. The van der Waals surface area contributed by atoms with Gasteiger partial charge in [0.1, 0.15) is 0 Å². The van der Waals surface area contributed by atoms with E-state index in [4.69, 9.17) is 21.1 Å². The van der Waals surface area contributed by atoms with E-state index >= 15 is 0 Å². The Bertz CT molecular complexity index is 862. The van der Waals surface area contributed by atoms with E-state index < -0.39 is 17.6 Å². The van der Waals surface area contributed by atoms with Crippen molar-refractivity contribution in [2.75, 3.05) is 12.4 Å². The molecule has 4 nitrogen and oxygen atoms in total. The molecule has 2 aromatic carbocycles. The zero-order chi connectivity index (χ0) is 20.9. The third-order valence-corrected chi connectivity index (χ3v) is 3.79. The molecule has 2 rings (SSSR count). The van der Waals surface area contributed by atoms with E-state index in [1.165, 1.54) is 31.4 Å². The summed E-state index contributed by atoms with van der Waals surface area (Å²) in [6.07, 6.45) is -1.77. The lowest BCUT2D eigenvalue weighted by molar-refractivity contribution is -0.137. The molecule has 0 heterocycles. The highest BCUT2D eigenvalue weighted by Crippen LogP contribution is 2.37. The number of carbonyl (C=O) groups is 1. The number of hydrogen-bond acceptors (Lipinski definition) is 3. The van der Waals surface area contributed by atoms with Crippen molar-refractivity contribution in [3.05, 3.63) is 58.6 Å². The molecule has 0 fully saturated rings. The van der Waals surface area contributed by atoms with Crippen LogP contribution in [0, 0.1) is 0 Å². The molecule has 8 heteroatoms. The molecule has 0 saturated carbocycles. The zero-order valence-electron chi connectivity index (χ0n) is 15.4. The van der Waals surface area contributed by atoms with Gasteiger partial charge in [0.15, 0.2) is 11.5 Å². The van der Waals surface area contributed by atoms with Gasteiger partial charge in [0.05, 0.1) is 23.8 Å². The highest BCUT2D eigenvalue weighted by atomic mass is 35.5. The van der Waals surface area contributed by atoms with Gasteiger partial charge < -0.3 is 14.8 Å². The average molecular weight is 414 g/mol. The van der Waals surface area contributed by atoms with E-state index in [0.717, 1.165) is 12.1 Å². The second-order valence-electron chi connectivity index (χ2n) is 6.10. The zero-order valence-corrected chi connectivity index (χ0v) is 16.2. The fourth-order valence-corrected chi connectivity index (χ4v) is 2.55. The summed E-state index contributed by atoms with van der Waals surface area (Å²) in [5.74, 6) is 0.326. The lowest BCUT2D eigenvalue weighted by Crippen LogP contribution is -2.09. The summed E-state index contributed by atoms with van der Waals surface area (Å²) in [5.41, 5.74) is 0.0611. The van der Waals surface area contributed by atoms with Crippen LogP contribution in [-0.2, 0) is 11.0 Å². The Morgan fingerprint density at radius 2 is 1.82 bits per heavy atom. The van der Waals surface area contributed by atoms with Gasteiger partial charge in [-0.3, -0.25) is 4.79 Å². The predicted molar refractivity (Wildman–Crippen MR) is 103 cm³/mol. The summed E-state index contributed by atoms with van der Waals surface area (Å²) in [6, 6.07) is 7.45. The van der Waals surface area contributed by atoms with Crippen LogP contribution in [0.5, 0.6) is 11.5 Å². The topological polar surface area (TPSA) is 47.6 Å². The second kappa shape index (κ2) is 9.01. The normalized spacial score (nSPS) is 11.7. The molecule has 0 bridgehead atoms. The van der Waals surface area contributed by atoms with Crippen molar-refractivity contribution < 1.29 is 27.4 Å². The van der Waals surface area contributed by atoms with Gasteiger partial charge in [0.25, 0.3) is 0 Å². The quantitative estimate of drug-likeness (QED) is 0.608. The van der Waals surface area contributed by atoms with Gasteiger partial charge in [-0.25, -0.2) is 0 Å². The Morgan fingerprint density at radius 3 is 2.36 bits per heavy atom. The molecule has 0 radical (unpaired) electrons. The van der Waals surface area contributed by atoms with Gasteiger partial charge in [-0.1, -0.05) is 11.6 Å². The lowest BCUT2D eigenvalue weighted by atomic mass is 10.1. The number of anilines is 1. The maximum absolute atomic E-state index is 12.6. The standard InChI is InChI=1S/C20H19ClF3NO3/c1-12(2)28-19-16(21)10-13(11-17(19)27-3)4-9-18(26)25-15-7-5-14(6-8-15)20(22,23)24/h4-12H,1-3H3,(H,25,26). The number of halogens is 4. The Hall–Kier alpha value is -2.67. The molecule has 1 amide bonds. The summed E-state index contributed by atoms with van der Waals surface area (Å²) in [6.45, 7) is 3.71. The molecular weight excluding hydrogens is 395 g/mol. The van der Waals surface area contributed by atoms with Gasteiger partial charge in [0.2, 0.25) is 5.91 Å². The number of benzene rings is 2. The van der Waals surface area contributed by atoms with Gasteiger partial charge in [0, 0.05) is 11.8 Å². The third-order valence-electron chi connectivity index (χ3n) is 3.51. The van der Waals surface area contributed by atoms with E-state index in [-0.39, 0.29) is 11.8 Å². The minimum absolute atomic E-state index is 0.0951. The number of ether oxygens (including phenoxy) is 2. The monoisotopic (exact) mass is 413 g/mol. The fourth-order valence-electron chi connectivity index (χ4n) is 2.28. The molecule has 28 heavy (non-hydrogen) atoms. The first-order chi connectivity index (χ1) is 13.1. The van der Waals surface area contributed by atoms with Crippen LogP contribution in [0.1, 0.15) is 25.0 Å². The summed E-state index contributed by atoms with van der Waals surface area (Å²) < 4.78 is 48.6. The van der Waals surface area contributed by atoms with Crippen LogP contribution in [0.25, 0.3) is 6.08 Å². The summed E-state index contributed by atoms with van der Waals surface area (Å²) in [4.78, 5) is 12.0. The van der Waals surface area contributed by atoms with Crippen molar-refractivity contribution in [1.82, 2.24) is 0 Å². The number of methoxy groups -OCH3 is 1. The van der Waals surface area contributed by atoms with Crippen LogP contribution in [0.3, 0.4) is 0 Å². The fraction of sp³-hybridized carbons (Fsp3) is 0.250. The van der Waals surface area contributed by atoms with Crippen LogP contribution in [0.15, 0.2) is 42.5 Å². The van der Waals surface area contributed by atoms with Crippen molar-refractivity contribution in [2.24, 2.45) is 0 Å². The van der Waals surface area contributed by atoms with Crippen LogP contribution in [0.4, 0.5) is 18.9 Å². The summed E-state index contributed by atoms with van der Waals surface area (Å²) in [5, 5.41) is 2.82. The lowest BCUT2D eigenvalue weighted by Gasteiger charge is -2.15. The molecule has 0 saturated heterocycles. The predicted octanol–water partition coefficient (Wildman–Crippen LogP) is 5.81. The smallest absolute Gasteiger partial charge is 0.416 e. The first kappa shape index (κ1) is 21.6. The number of carbonyl (C=O) groups excluding carboxylic acids is 1. The van der Waals surface area contributed by atoms with Crippen LogP contribution in [-0.4, -0.2) is 19.1 Å². The van der Waals surface area contributed by atoms with Crippen molar-refractivity contribution in [3.8, 4) is 11.5 Å². The molecule has 150 valence electrons. The van der Waals surface area contributed by atoms with Crippen molar-refractivity contribution >= 4 is 29.3 Å². The van der Waals surface area contributed by atoms with Crippen LogP contribution < -0.4 is 14.8 Å². The van der Waals surface area contributed by atoms with Crippen LogP contribution >= 0.6 is 11.6 Å². The maximum atomic E-state index is 12.6. The third kappa shape index (κ3) is 5.92. The molecular formula is C20H19ClF3NO3. The van der Waals surface area contributed by atoms with Gasteiger partial charge in [-0.05, 0) is 61.9 Å². The summed E-state index contributed by atoms with van der Waals surface area (Å²) >= 11 is 6.22. The summed E-state index contributed by atoms with van der Waals surface area (Å²) in [7, 11) is 1.48. The van der Waals surface area contributed by atoms with E-state index in [9.17, 15) is 18.0 Å². The van der Waals surface area contributed by atoms with Crippen molar-refractivity contribution in [2.45, 2.75) is 26.1 Å². The van der Waals surface area contributed by atoms with E-state index in [0.29, 0.717) is 22.1 Å². The molecule has 0 atom stereocenters. The number of alkyl halides is 3. The minimum Gasteiger partial charge on any atom is -0.493 e. The van der Waals surface area contributed by atoms with Crippen molar-refractivity contribution in [1.29, 1.82) is 0 Å². The molecule has 0 aliphatic rings. The molecule has 2 aromatic rings. The van der Waals surface area contributed by atoms with E-state index in [1.807, 2.05) is 13.8 Å². The Morgan fingerprint density at radius 1 is 1.18 bits per heavy atom. The molecule has 0 unspecified atom stereocenters. The maximum Gasteiger partial charge on any atom is 0.416 e. The molecule has 0 aliphatic carbocycles. The largest absolute Gasteiger partial charge is 0.493 e. The highest BCUT2D eigenvalue weighted by molar-refractivity contribution is 6.32. The average Bonchev–Trinajstić information content (AvgIpc) is 2.61. The van der Waals surface area contributed by atoms with Gasteiger partial charge >= 0.3 is 6.18 Å². The Kier molecular flexibility index (Phi) is 6.96. The van der Waals surface area contributed by atoms with E-state index in [1.54, 1.807) is 12.1 Å². The van der Waals surface area contributed by atoms with Gasteiger partial charge in [-0.2, -0.15) is 13.2 Å².